The minimum absolute atomic E-state index is 0.0143. The molecule has 6 heteroatoms. The van der Waals surface area contributed by atoms with Gasteiger partial charge in [0, 0.05) is 18.3 Å². The molecule has 0 saturated heterocycles. The molecule has 6 nitrogen and oxygen atoms in total. The summed E-state index contributed by atoms with van der Waals surface area (Å²) in [6.45, 7) is 5.05. The maximum atomic E-state index is 12.6. The number of hydrogen-bond donors (Lipinski definition) is 1. The van der Waals surface area contributed by atoms with E-state index in [-0.39, 0.29) is 41.7 Å². The molecule has 4 aliphatic carbocycles. The highest BCUT2D eigenvalue weighted by molar-refractivity contribution is 5.91. The second-order valence-electron chi connectivity index (χ2n) is 11.4. The molecule has 0 aliphatic heterocycles. The van der Waals surface area contributed by atoms with Gasteiger partial charge in [0.15, 0.2) is 5.78 Å². The predicted molar refractivity (Wildman–Crippen MR) is 126 cm³/mol. The van der Waals surface area contributed by atoms with Crippen molar-refractivity contribution in [2.24, 2.45) is 28.6 Å². The van der Waals surface area contributed by atoms with Crippen LogP contribution in [0.4, 0.5) is 0 Å². The van der Waals surface area contributed by atoms with Gasteiger partial charge in [0.2, 0.25) is 5.91 Å². The number of amides is 1. The van der Waals surface area contributed by atoms with Gasteiger partial charge in [-0.1, -0.05) is 19.4 Å². The van der Waals surface area contributed by atoms with Crippen LogP contribution in [0.3, 0.4) is 0 Å². The molecule has 1 amide bonds. The topological polar surface area (TPSA) is 85.6 Å². The molecule has 6 atom stereocenters. The van der Waals surface area contributed by atoms with Crippen molar-refractivity contribution in [3.63, 3.8) is 0 Å². The quantitative estimate of drug-likeness (QED) is 0.587. The SMILES string of the molecule is C[C@]12CC[C@H]3[C@@H](CCC4=CC(=O)CC[C@@]43C)[C@@H]1CC[C@H]2OC(=O)CCC(=O)NCc1ccco1. The third-order valence-corrected chi connectivity index (χ3v) is 9.74. The van der Waals surface area contributed by atoms with Gasteiger partial charge in [0.25, 0.3) is 0 Å². The van der Waals surface area contributed by atoms with Gasteiger partial charge in [0.05, 0.1) is 19.2 Å². The van der Waals surface area contributed by atoms with Crippen molar-refractivity contribution >= 4 is 17.7 Å². The fourth-order valence-electron chi connectivity index (χ4n) is 7.83. The largest absolute Gasteiger partial charge is 0.467 e. The second-order valence-corrected chi connectivity index (χ2v) is 11.4. The molecular formula is C28H37NO5. The highest BCUT2D eigenvalue weighted by atomic mass is 16.5. The van der Waals surface area contributed by atoms with E-state index in [2.05, 4.69) is 19.2 Å². The lowest BCUT2D eigenvalue weighted by atomic mass is 9.47. The van der Waals surface area contributed by atoms with Gasteiger partial charge in [-0.15, -0.1) is 0 Å². The number of carbonyl (C=O) groups is 3. The lowest BCUT2D eigenvalue weighted by molar-refractivity contribution is -0.160. The third kappa shape index (κ3) is 4.14. The molecule has 0 unspecified atom stereocenters. The van der Waals surface area contributed by atoms with E-state index in [1.807, 2.05) is 6.08 Å². The minimum Gasteiger partial charge on any atom is -0.467 e. The van der Waals surface area contributed by atoms with Crippen molar-refractivity contribution in [2.75, 3.05) is 0 Å². The van der Waals surface area contributed by atoms with Gasteiger partial charge in [0.1, 0.15) is 11.9 Å². The average Bonchev–Trinajstić information content (AvgIpc) is 3.45. The number of hydrogen-bond acceptors (Lipinski definition) is 5. The molecule has 0 aromatic carbocycles. The smallest absolute Gasteiger partial charge is 0.306 e. The fourth-order valence-corrected chi connectivity index (χ4v) is 7.83. The van der Waals surface area contributed by atoms with Gasteiger partial charge >= 0.3 is 5.97 Å². The molecule has 3 saturated carbocycles. The summed E-state index contributed by atoms with van der Waals surface area (Å²) in [5.74, 6) is 2.39. The molecule has 184 valence electrons. The third-order valence-electron chi connectivity index (χ3n) is 9.74. The highest BCUT2D eigenvalue weighted by Gasteiger charge is 2.59. The van der Waals surface area contributed by atoms with E-state index in [9.17, 15) is 14.4 Å². The van der Waals surface area contributed by atoms with Crippen molar-refractivity contribution in [2.45, 2.75) is 90.7 Å². The van der Waals surface area contributed by atoms with E-state index in [4.69, 9.17) is 9.15 Å². The Kier molecular flexibility index (Phi) is 6.19. The van der Waals surface area contributed by atoms with Crippen LogP contribution in [0.2, 0.25) is 0 Å². The Hall–Kier alpha value is -2.37. The molecule has 4 aliphatic rings. The Labute approximate surface area is 201 Å². The van der Waals surface area contributed by atoms with E-state index >= 15 is 0 Å². The minimum atomic E-state index is -0.270. The summed E-state index contributed by atoms with van der Waals surface area (Å²) in [6, 6.07) is 3.58. The lowest BCUT2D eigenvalue weighted by Crippen LogP contribution is -2.51. The Morgan fingerprint density at radius 2 is 1.94 bits per heavy atom. The summed E-state index contributed by atoms with van der Waals surface area (Å²) < 4.78 is 11.2. The first kappa shape index (κ1) is 23.4. The molecule has 5 rings (SSSR count). The predicted octanol–water partition coefficient (Wildman–Crippen LogP) is 5.12. The molecule has 0 spiro atoms. The van der Waals surface area contributed by atoms with Crippen molar-refractivity contribution in [1.82, 2.24) is 5.32 Å². The second kappa shape index (κ2) is 9.01. The highest BCUT2D eigenvalue weighted by Crippen LogP contribution is 2.65. The summed E-state index contributed by atoms with van der Waals surface area (Å²) in [4.78, 5) is 36.8. The Bertz CT molecular complexity index is 981. The van der Waals surface area contributed by atoms with E-state index in [1.54, 1.807) is 18.4 Å². The van der Waals surface area contributed by atoms with E-state index < -0.39 is 0 Å². The van der Waals surface area contributed by atoms with Crippen LogP contribution < -0.4 is 5.32 Å². The monoisotopic (exact) mass is 467 g/mol. The molecular weight excluding hydrogens is 430 g/mol. The van der Waals surface area contributed by atoms with Gasteiger partial charge < -0.3 is 14.5 Å². The van der Waals surface area contributed by atoms with Crippen LogP contribution in [0.1, 0.15) is 83.8 Å². The zero-order chi connectivity index (χ0) is 23.9. The molecule has 1 heterocycles. The first-order chi connectivity index (χ1) is 16.3. The van der Waals surface area contributed by atoms with Crippen molar-refractivity contribution < 1.29 is 23.5 Å². The Morgan fingerprint density at radius 3 is 2.74 bits per heavy atom. The number of carbonyl (C=O) groups excluding carboxylic acids is 3. The Balaban J connectivity index is 1.17. The molecule has 3 fully saturated rings. The molecule has 1 N–H and O–H groups in total. The van der Waals surface area contributed by atoms with E-state index in [1.165, 1.54) is 5.57 Å². The number of fused-ring (bicyclic) bond motifs is 5. The van der Waals surface area contributed by atoms with Crippen LogP contribution in [0.25, 0.3) is 0 Å². The standard InChI is InChI=1S/C28H37NO5/c1-27-13-11-19(30)16-18(27)5-6-21-22-7-8-24(28(22,2)14-12-23(21)27)34-26(32)10-9-25(31)29-17-20-4-3-15-33-20/h3-4,15-16,21-24H,5-14,17H2,1-2H3,(H,29,31)/t21-,22-,23-,24+,27-,28-/m0/s1. The van der Waals surface area contributed by atoms with Crippen LogP contribution in [0.5, 0.6) is 0 Å². The van der Waals surface area contributed by atoms with Gasteiger partial charge in [-0.2, -0.15) is 0 Å². The zero-order valence-corrected chi connectivity index (χ0v) is 20.4. The number of ether oxygens (including phenoxy) is 1. The van der Waals surface area contributed by atoms with E-state index in [0.717, 1.165) is 44.9 Å². The normalized spacial score (nSPS) is 36.6. The molecule has 34 heavy (non-hydrogen) atoms. The number of nitrogens with one attached hydrogen (secondary N) is 1. The Morgan fingerprint density at radius 1 is 1.09 bits per heavy atom. The summed E-state index contributed by atoms with van der Waals surface area (Å²) in [5, 5.41) is 2.78. The summed E-state index contributed by atoms with van der Waals surface area (Å²) in [7, 11) is 0. The summed E-state index contributed by atoms with van der Waals surface area (Å²) in [6.07, 6.45) is 11.8. The van der Waals surface area contributed by atoms with Gasteiger partial charge in [-0.05, 0) is 86.3 Å². The van der Waals surface area contributed by atoms with Crippen molar-refractivity contribution in [1.29, 1.82) is 0 Å². The van der Waals surface area contributed by atoms with Gasteiger partial charge in [-0.3, -0.25) is 14.4 Å². The van der Waals surface area contributed by atoms with Crippen LogP contribution in [0.15, 0.2) is 34.5 Å². The van der Waals surface area contributed by atoms with Crippen LogP contribution in [0, 0.1) is 28.6 Å². The molecule has 0 bridgehead atoms. The lowest BCUT2D eigenvalue weighted by Gasteiger charge is -2.57. The first-order valence-electron chi connectivity index (χ1n) is 13.0. The maximum absolute atomic E-state index is 12.6. The van der Waals surface area contributed by atoms with E-state index in [0.29, 0.717) is 42.3 Å². The average molecular weight is 468 g/mol. The molecule has 1 aromatic heterocycles. The van der Waals surface area contributed by atoms with Crippen LogP contribution >= 0.6 is 0 Å². The number of rotatable bonds is 6. The first-order valence-corrected chi connectivity index (χ1v) is 13.0. The van der Waals surface area contributed by atoms with Crippen LogP contribution in [-0.4, -0.2) is 23.8 Å². The number of furan rings is 1. The van der Waals surface area contributed by atoms with Crippen LogP contribution in [-0.2, 0) is 25.7 Å². The van der Waals surface area contributed by atoms with Gasteiger partial charge in [-0.25, -0.2) is 0 Å². The van der Waals surface area contributed by atoms with Crippen molar-refractivity contribution in [3.8, 4) is 0 Å². The molecule has 1 aromatic rings. The zero-order valence-electron chi connectivity index (χ0n) is 20.4. The maximum Gasteiger partial charge on any atom is 0.306 e. The number of ketones is 1. The number of allylic oxidation sites excluding steroid dienone is 1. The number of esters is 1. The summed E-state index contributed by atoms with van der Waals surface area (Å²) in [5.41, 5.74) is 1.57. The fraction of sp³-hybridized carbons (Fsp3) is 0.679. The summed E-state index contributed by atoms with van der Waals surface area (Å²) >= 11 is 0. The van der Waals surface area contributed by atoms with Crippen molar-refractivity contribution in [3.05, 3.63) is 35.8 Å². The molecule has 0 radical (unpaired) electrons.